The van der Waals surface area contributed by atoms with E-state index in [2.05, 4.69) is 156 Å². The molecule has 0 unspecified atom stereocenters. The highest BCUT2D eigenvalue weighted by atomic mass is 127. The van der Waals surface area contributed by atoms with Crippen molar-refractivity contribution in [1.29, 1.82) is 0 Å². The number of hydrogen-bond donors (Lipinski definition) is 0. The molecule has 174 valence electrons. The molecule has 0 amide bonds. The van der Waals surface area contributed by atoms with Crippen LogP contribution in [0.5, 0.6) is 0 Å². The fraction of sp³-hybridized carbons (Fsp3) is 0. The molecule has 0 aliphatic carbocycles. The minimum absolute atomic E-state index is 0.985. The molecule has 1 heterocycles. The van der Waals surface area contributed by atoms with Gasteiger partial charge in [-0.3, -0.25) is 0 Å². The second-order valence-electron chi connectivity index (χ2n) is 9.36. The fourth-order valence-electron chi connectivity index (χ4n) is 5.39. The molecule has 0 bridgehead atoms. The summed E-state index contributed by atoms with van der Waals surface area (Å²) in [7, 11) is 0. The van der Waals surface area contributed by atoms with Crippen molar-refractivity contribution in [3.63, 3.8) is 0 Å². The molecule has 0 atom stereocenters. The first-order valence-electron chi connectivity index (χ1n) is 12.4. The second-order valence-corrected chi connectivity index (χ2v) is 10.5. The number of nitrogens with zero attached hydrogens (tertiary/aromatic N) is 1. The van der Waals surface area contributed by atoms with E-state index >= 15 is 0 Å². The van der Waals surface area contributed by atoms with E-state index in [1.54, 1.807) is 0 Å². The van der Waals surface area contributed by atoms with Gasteiger partial charge in [0, 0.05) is 5.56 Å². The van der Waals surface area contributed by atoms with Gasteiger partial charge in [-0.15, -0.1) is 0 Å². The van der Waals surface area contributed by atoms with Crippen molar-refractivity contribution in [3.05, 3.63) is 137 Å². The van der Waals surface area contributed by atoms with Crippen LogP contribution in [0.25, 0.3) is 65.8 Å². The summed E-state index contributed by atoms with van der Waals surface area (Å²) in [6.07, 6.45) is 0. The van der Waals surface area contributed by atoms with E-state index in [0.717, 1.165) is 15.0 Å². The van der Waals surface area contributed by atoms with Gasteiger partial charge in [-0.1, -0.05) is 109 Å². The normalized spacial score (nSPS) is 11.4. The van der Waals surface area contributed by atoms with Crippen LogP contribution in [0.2, 0.25) is 0 Å². The van der Waals surface area contributed by atoms with Gasteiger partial charge in [0.05, 0.1) is 5.69 Å². The predicted octanol–water partition coefficient (Wildman–Crippen LogP) is 10.1. The predicted molar refractivity (Wildman–Crippen MR) is 166 cm³/mol. The molecular weight excluding hydrogens is 561 g/mol. The quantitative estimate of drug-likeness (QED) is 0.115. The van der Waals surface area contributed by atoms with Gasteiger partial charge in [0.1, 0.15) is 3.70 Å². The summed E-state index contributed by atoms with van der Waals surface area (Å²) < 4.78 is 0.985. The molecule has 0 saturated carbocycles. The minimum Gasteiger partial charge on any atom is -0.242 e. The Morgan fingerprint density at radius 3 is 1.57 bits per heavy atom. The summed E-state index contributed by atoms with van der Waals surface area (Å²) >= 11 is 2.34. The molecular formula is C35H22IN. The number of fused-ring (bicyclic) bond motifs is 6. The number of hydrogen-bond acceptors (Lipinski definition) is 1. The lowest BCUT2D eigenvalue weighted by molar-refractivity contribution is 1.28. The first kappa shape index (κ1) is 22.2. The van der Waals surface area contributed by atoms with Crippen LogP contribution in [0, 0.1) is 3.70 Å². The number of halogens is 1. The SMILES string of the molecule is Ic1cc(-c2cccc(-c3ccccc3)c2)cc(-c2ccc3c4ccccc4c4ccccc4c3c2)n1. The lowest BCUT2D eigenvalue weighted by atomic mass is 9.92. The zero-order valence-electron chi connectivity index (χ0n) is 20.0. The maximum atomic E-state index is 4.95. The van der Waals surface area contributed by atoms with Gasteiger partial charge in [0.15, 0.2) is 0 Å². The van der Waals surface area contributed by atoms with E-state index < -0.39 is 0 Å². The van der Waals surface area contributed by atoms with E-state index in [1.807, 2.05) is 0 Å². The third kappa shape index (κ3) is 3.98. The summed E-state index contributed by atoms with van der Waals surface area (Å²) in [5.41, 5.74) is 6.94. The van der Waals surface area contributed by atoms with Crippen LogP contribution in [0.3, 0.4) is 0 Å². The molecule has 0 aliphatic heterocycles. The van der Waals surface area contributed by atoms with Crippen LogP contribution in [0.15, 0.2) is 133 Å². The Hall–Kier alpha value is -4.02. The van der Waals surface area contributed by atoms with Crippen LogP contribution >= 0.6 is 22.6 Å². The van der Waals surface area contributed by atoms with Crippen molar-refractivity contribution in [2.75, 3.05) is 0 Å². The zero-order valence-corrected chi connectivity index (χ0v) is 22.2. The van der Waals surface area contributed by atoms with Crippen molar-refractivity contribution in [2.45, 2.75) is 0 Å². The van der Waals surface area contributed by atoms with Gasteiger partial charge in [-0.05, 0) is 101 Å². The van der Waals surface area contributed by atoms with Crippen LogP contribution in [0.1, 0.15) is 0 Å². The average Bonchev–Trinajstić information content (AvgIpc) is 2.97. The molecule has 0 fully saturated rings. The highest BCUT2D eigenvalue weighted by molar-refractivity contribution is 14.1. The molecule has 2 heteroatoms. The summed E-state index contributed by atoms with van der Waals surface area (Å²) in [6, 6.07) is 47.9. The highest BCUT2D eigenvalue weighted by Gasteiger charge is 2.12. The largest absolute Gasteiger partial charge is 0.242 e. The van der Waals surface area contributed by atoms with Crippen molar-refractivity contribution in [3.8, 4) is 33.5 Å². The Morgan fingerprint density at radius 1 is 0.351 bits per heavy atom. The van der Waals surface area contributed by atoms with Gasteiger partial charge in [-0.2, -0.15) is 0 Å². The molecule has 37 heavy (non-hydrogen) atoms. The summed E-state index contributed by atoms with van der Waals surface area (Å²) in [5.74, 6) is 0. The average molecular weight is 583 g/mol. The summed E-state index contributed by atoms with van der Waals surface area (Å²) in [4.78, 5) is 4.95. The Morgan fingerprint density at radius 2 is 0.892 bits per heavy atom. The standard InChI is InChI=1S/C35H22IN/c36-35-22-27(25-12-8-11-24(19-25)23-9-2-1-3-10-23)21-34(37-35)26-17-18-32-30-15-5-4-13-28(30)29-14-6-7-16-31(29)33(32)20-26/h1-22H. The molecule has 7 rings (SSSR count). The van der Waals surface area contributed by atoms with Gasteiger partial charge < -0.3 is 0 Å². The zero-order chi connectivity index (χ0) is 24.8. The number of aromatic nitrogens is 1. The molecule has 0 aliphatic rings. The minimum atomic E-state index is 0.985. The van der Waals surface area contributed by atoms with Crippen molar-refractivity contribution < 1.29 is 0 Å². The van der Waals surface area contributed by atoms with Crippen LogP contribution in [-0.4, -0.2) is 4.98 Å². The van der Waals surface area contributed by atoms with E-state index in [4.69, 9.17) is 4.98 Å². The van der Waals surface area contributed by atoms with Crippen LogP contribution in [-0.2, 0) is 0 Å². The number of benzene rings is 6. The Balaban J connectivity index is 1.40. The maximum Gasteiger partial charge on any atom is 0.102 e. The lowest BCUT2D eigenvalue weighted by Crippen LogP contribution is -1.91. The molecule has 6 aromatic carbocycles. The van der Waals surface area contributed by atoms with Gasteiger partial charge in [0.25, 0.3) is 0 Å². The number of pyridine rings is 1. The van der Waals surface area contributed by atoms with E-state index in [1.165, 1.54) is 54.6 Å². The smallest absolute Gasteiger partial charge is 0.102 e. The van der Waals surface area contributed by atoms with Crippen molar-refractivity contribution in [2.24, 2.45) is 0 Å². The molecule has 0 saturated heterocycles. The maximum absolute atomic E-state index is 4.95. The molecule has 0 radical (unpaired) electrons. The molecule has 0 spiro atoms. The molecule has 1 aromatic heterocycles. The van der Waals surface area contributed by atoms with Gasteiger partial charge in [0.2, 0.25) is 0 Å². The third-order valence-electron chi connectivity index (χ3n) is 7.14. The van der Waals surface area contributed by atoms with Crippen LogP contribution < -0.4 is 0 Å². The van der Waals surface area contributed by atoms with E-state index in [9.17, 15) is 0 Å². The van der Waals surface area contributed by atoms with E-state index in [-0.39, 0.29) is 0 Å². The van der Waals surface area contributed by atoms with Crippen molar-refractivity contribution >= 4 is 54.9 Å². The first-order valence-corrected chi connectivity index (χ1v) is 13.5. The van der Waals surface area contributed by atoms with E-state index in [0.29, 0.717) is 0 Å². The third-order valence-corrected chi connectivity index (χ3v) is 7.69. The van der Waals surface area contributed by atoms with Gasteiger partial charge in [-0.25, -0.2) is 4.98 Å². The fourth-order valence-corrected chi connectivity index (χ4v) is 5.98. The number of rotatable bonds is 3. The molecule has 1 nitrogen and oxygen atoms in total. The lowest BCUT2D eigenvalue weighted by Gasteiger charge is -2.13. The van der Waals surface area contributed by atoms with Crippen LogP contribution in [0.4, 0.5) is 0 Å². The Labute approximate surface area is 229 Å². The molecule has 0 N–H and O–H groups in total. The molecule has 7 aromatic rings. The highest BCUT2D eigenvalue weighted by Crippen LogP contribution is 2.37. The topological polar surface area (TPSA) is 12.9 Å². The summed E-state index contributed by atoms with van der Waals surface area (Å²) in [6.45, 7) is 0. The monoisotopic (exact) mass is 583 g/mol. The second kappa shape index (κ2) is 9.13. The Kier molecular flexibility index (Phi) is 5.48. The first-order chi connectivity index (χ1) is 18.2. The summed E-state index contributed by atoms with van der Waals surface area (Å²) in [5, 5.41) is 7.69. The van der Waals surface area contributed by atoms with Gasteiger partial charge >= 0.3 is 0 Å². The van der Waals surface area contributed by atoms with Crippen molar-refractivity contribution in [1.82, 2.24) is 4.98 Å². The Bertz CT molecular complexity index is 1900.